The number of aryl methyl sites for hydroxylation is 2. The van der Waals surface area contributed by atoms with Gasteiger partial charge in [-0.25, -0.2) is 4.98 Å². The maximum Gasteiger partial charge on any atom is 0.165 e. The van der Waals surface area contributed by atoms with E-state index < -0.39 is 0 Å². The van der Waals surface area contributed by atoms with Crippen molar-refractivity contribution < 1.29 is 0 Å². The van der Waals surface area contributed by atoms with E-state index in [1.165, 1.54) is 5.56 Å². The second-order valence-electron chi connectivity index (χ2n) is 4.19. The minimum absolute atomic E-state index is 0.241. The molecule has 0 amide bonds. The van der Waals surface area contributed by atoms with Gasteiger partial charge in [0.15, 0.2) is 5.69 Å². The van der Waals surface area contributed by atoms with Gasteiger partial charge in [-0.1, -0.05) is 17.7 Å². The molecule has 1 aromatic heterocycles. The van der Waals surface area contributed by atoms with Crippen LogP contribution in [-0.4, -0.2) is 4.98 Å². The molecule has 0 spiro atoms. The van der Waals surface area contributed by atoms with Gasteiger partial charge in [-0.05, 0) is 37.6 Å². The lowest BCUT2D eigenvalue weighted by Gasteiger charge is -2.10. The first-order valence-electron chi connectivity index (χ1n) is 5.61. The molecule has 4 nitrogen and oxygen atoms in total. The predicted molar refractivity (Wildman–Crippen MR) is 72.6 cm³/mol. The molecule has 0 radical (unpaired) electrons. The maximum atomic E-state index is 8.88. The fourth-order valence-electron chi connectivity index (χ4n) is 1.72. The highest BCUT2D eigenvalue weighted by Gasteiger charge is 2.04. The zero-order valence-electron chi connectivity index (χ0n) is 10.4. The first-order valence-corrected chi connectivity index (χ1v) is 5.61. The van der Waals surface area contributed by atoms with Gasteiger partial charge in [-0.2, -0.15) is 5.26 Å². The van der Waals surface area contributed by atoms with Gasteiger partial charge in [0, 0.05) is 5.69 Å². The second-order valence-corrected chi connectivity index (χ2v) is 4.19. The van der Waals surface area contributed by atoms with E-state index in [4.69, 9.17) is 11.0 Å². The van der Waals surface area contributed by atoms with Crippen molar-refractivity contribution in [3.63, 3.8) is 0 Å². The van der Waals surface area contributed by atoms with E-state index >= 15 is 0 Å². The molecule has 4 heteroatoms. The third-order valence-corrected chi connectivity index (χ3v) is 2.68. The maximum absolute atomic E-state index is 8.88. The molecule has 3 N–H and O–H groups in total. The highest BCUT2D eigenvalue weighted by molar-refractivity contribution is 5.63. The van der Waals surface area contributed by atoms with E-state index in [-0.39, 0.29) is 5.69 Å². The number of nitrogens with two attached hydrogens (primary N) is 1. The van der Waals surface area contributed by atoms with Crippen LogP contribution in [0.15, 0.2) is 30.3 Å². The summed E-state index contributed by atoms with van der Waals surface area (Å²) in [5.74, 6) is 0.618. The zero-order chi connectivity index (χ0) is 13.1. The molecule has 0 aliphatic carbocycles. The van der Waals surface area contributed by atoms with E-state index in [1.807, 2.05) is 32.0 Å². The molecule has 90 valence electrons. The molecular weight excluding hydrogens is 224 g/mol. The van der Waals surface area contributed by atoms with Crippen molar-refractivity contribution in [3.8, 4) is 6.07 Å². The Morgan fingerprint density at radius 3 is 2.67 bits per heavy atom. The molecule has 0 unspecified atom stereocenters. The lowest BCUT2D eigenvalue weighted by molar-refractivity contribution is 1.25. The molecule has 0 aliphatic heterocycles. The lowest BCUT2D eigenvalue weighted by atomic mass is 10.1. The Balaban J connectivity index is 2.32. The molecule has 0 fully saturated rings. The lowest BCUT2D eigenvalue weighted by Crippen LogP contribution is -2.00. The molecule has 2 aromatic rings. The van der Waals surface area contributed by atoms with E-state index in [9.17, 15) is 0 Å². The van der Waals surface area contributed by atoms with Gasteiger partial charge in [0.1, 0.15) is 11.9 Å². The summed E-state index contributed by atoms with van der Waals surface area (Å²) in [5.41, 5.74) is 9.58. The van der Waals surface area contributed by atoms with E-state index in [2.05, 4.69) is 16.4 Å². The van der Waals surface area contributed by atoms with E-state index in [1.54, 1.807) is 12.1 Å². The molecule has 0 bridgehead atoms. The van der Waals surface area contributed by atoms with Gasteiger partial charge in [-0.15, -0.1) is 0 Å². The van der Waals surface area contributed by atoms with E-state index in [0.29, 0.717) is 11.5 Å². The fraction of sp³-hybridized carbons (Fsp3) is 0.143. The van der Waals surface area contributed by atoms with Crippen molar-refractivity contribution >= 4 is 17.2 Å². The van der Waals surface area contributed by atoms with Crippen molar-refractivity contribution in [1.29, 1.82) is 5.26 Å². The highest BCUT2D eigenvalue weighted by Crippen LogP contribution is 2.21. The predicted octanol–water partition coefficient (Wildman–Crippen LogP) is 2.90. The van der Waals surface area contributed by atoms with Crippen LogP contribution in [-0.2, 0) is 0 Å². The Morgan fingerprint density at radius 1 is 1.22 bits per heavy atom. The molecule has 1 aromatic carbocycles. The quantitative estimate of drug-likeness (QED) is 0.843. The van der Waals surface area contributed by atoms with Gasteiger partial charge < -0.3 is 11.1 Å². The van der Waals surface area contributed by atoms with Crippen LogP contribution in [0.3, 0.4) is 0 Å². The summed E-state index contributed by atoms with van der Waals surface area (Å²) in [6.07, 6.45) is 0. The number of nitrogens with one attached hydrogen (secondary N) is 1. The Hall–Kier alpha value is -2.54. The minimum Gasteiger partial charge on any atom is -0.396 e. The van der Waals surface area contributed by atoms with Crippen molar-refractivity contribution in [3.05, 3.63) is 47.2 Å². The first kappa shape index (κ1) is 11.9. The minimum atomic E-state index is 0.241. The molecule has 1 heterocycles. The van der Waals surface area contributed by atoms with Gasteiger partial charge in [-0.3, -0.25) is 0 Å². The summed E-state index contributed by atoms with van der Waals surface area (Å²) in [5, 5.41) is 12.1. The number of pyridine rings is 1. The molecular formula is C14H14N4. The average molecular weight is 238 g/mol. The number of nitrogen functional groups attached to an aromatic ring is 1. The molecule has 18 heavy (non-hydrogen) atoms. The van der Waals surface area contributed by atoms with Gasteiger partial charge in [0.2, 0.25) is 0 Å². The molecule has 0 saturated carbocycles. The first-order chi connectivity index (χ1) is 8.60. The smallest absolute Gasteiger partial charge is 0.165 e. The highest BCUT2D eigenvalue weighted by atomic mass is 15.0. The van der Waals surface area contributed by atoms with Crippen LogP contribution in [0, 0.1) is 25.2 Å². The number of nitriles is 1. The van der Waals surface area contributed by atoms with Gasteiger partial charge in [0.25, 0.3) is 0 Å². The average Bonchev–Trinajstić information content (AvgIpc) is 2.35. The normalized spacial score (nSPS) is 9.83. The Morgan fingerprint density at radius 2 is 2.00 bits per heavy atom. The number of hydrogen-bond acceptors (Lipinski definition) is 4. The number of benzene rings is 1. The third kappa shape index (κ3) is 2.41. The van der Waals surface area contributed by atoms with Crippen LogP contribution in [0.2, 0.25) is 0 Å². The van der Waals surface area contributed by atoms with Crippen LogP contribution in [0.4, 0.5) is 17.2 Å². The van der Waals surface area contributed by atoms with Crippen LogP contribution < -0.4 is 11.1 Å². The Labute approximate surface area is 106 Å². The number of aromatic nitrogens is 1. The topological polar surface area (TPSA) is 74.7 Å². The number of hydrogen-bond donors (Lipinski definition) is 2. The van der Waals surface area contributed by atoms with Crippen molar-refractivity contribution in [2.24, 2.45) is 0 Å². The van der Waals surface area contributed by atoms with Crippen molar-refractivity contribution in [2.45, 2.75) is 13.8 Å². The number of rotatable bonds is 2. The molecule has 0 aliphatic rings. The molecule has 0 saturated heterocycles. The van der Waals surface area contributed by atoms with Gasteiger partial charge in [0.05, 0.1) is 5.69 Å². The molecule has 0 atom stereocenters. The van der Waals surface area contributed by atoms with Crippen LogP contribution in [0.25, 0.3) is 0 Å². The SMILES string of the molecule is Cc1ccc(Nc2ccc(N)c(C#N)n2)c(C)c1. The van der Waals surface area contributed by atoms with Crippen molar-refractivity contribution in [1.82, 2.24) is 4.98 Å². The zero-order valence-corrected chi connectivity index (χ0v) is 10.4. The van der Waals surface area contributed by atoms with Crippen LogP contribution >= 0.6 is 0 Å². The monoisotopic (exact) mass is 238 g/mol. The number of nitrogens with zero attached hydrogens (tertiary/aromatic N) is 2. The van der Waals surface area contributed by atoms with Crippen LogP contribution in [0.1, 0.15) is 16.8 Å². The third-order valence-electron chi connectivity index (χ3n) is 2.68. The van der Waals surface area contributed by atoms with Crippen molar-refractivity contribution in [2.75, 3.05) is 11.1 Å². The summed E-state index contributed by atoms with van der Waals surface area (Å²) in [6.45, 7) is 4.07. The Kier molecular flexibility index (Phi) is 3.16. The standard InChI is InChI=1S/C14H14N4/c1-9-3-5-12(10(2)7-9)17-14-6-4-11(16)13(8-15)18-14/h3-7H,16H2,1-2H3,(H,17,18). The summed E-state index contributed by atoms with van der Waals surface area (Å²) >= 11 is 0. The van der Waals surface area contributed by atoms with E-state index in [0.717, 1.165) is 11.3 Å². The van der Waals surface area contributed by atoms with Gasteiger partial charge >= 0.3 is 0 Å². The molecule has 2 rings (SSSR count). The Bertz CT molecular complexity index is 626. The fourth-order valence-corrected chi connectivity index (χ4v) is 1.72. The summed E-state index contributed by atoms with van der Waals surface area (Å²) in [4.78, 5) is 4.15. The summed E-state index contributed by atoms with van der Waals surface area (Å²) in [6, 6.07) is 11.5. The van der Waals surface area contributed by atoms with Crippen LogP contribution in [0.5, 0.6) is 0 Å². The summed E-state index contributed by atoms with van der Waals surface area (Å²) < 4.78 is 0. The second kappa shape index (κ2) is 4.76. The largest absolute Gasteiger partial charge is 0.396 e. The summed E-state index contributed by atoms with van der Waals surface area (Å²) in [7, 11) is 0. The number of anilines is 3.